The van der Waals surface area contributed by atoms with Crippen LogP contribution < -0.4 is 10.0 Å². The third-order valence-corrected chi connectivity index (χ3v) is 6.52. The maximum absolute atomic E-state index is 13.0. The van der Waals surface area contributed by atoms with Gasteiger partial charge in [0.05, 0.1) is 17.4 Å². The van der Waals surface area contributed by atoms with Crippen LogP contribution in [0.5, 0.6) is 0 Å². The van der Waals surface area contributed by atoms with Crippen LogP contribution in [0.4, 0.5) is 4.39 Å². The molecule has 0 aromatic heterocycles. The largest absolute Gasteiger partial charge is 0.453 e. The summed E-state index contributed by atoms with van der Waals surface area (Å²) in [5, 5.41) is 4.39. The minimum absolute atomic E-state index is 0.0945. The molecule has 0 radical (unpaired) electrons. The molecule has 9 heteroatoms. The summed E-state index contributed by atoms with van der Waals surface area (Å²) in [5.74, 6) is -1.61. The molecule has 1 amide bonds. The van der Waals surface area contributed by atoms with Crippen molar-refractivity contribution in [1.29, 1.82) is 0 Å². The molecule has 174 valence electrons. The standard InChI is InChI=1S/C24H25FN2O5S/c1-16(18-7-10-21(25)11-8-18)27-24(29)17(2)32-23(28)13-14-26-33(30,31)22-12-9-19-5-3-4-6-20(19)15-22/h3-12,15-17,26H,13-14H2,1-2H3,(H,27,29)/t16-,17-/m0/s1. The van der Waals surface area contributed by atoms with Crippen LogP contribution in [-0.4, -0.2) is 32.9 Å². The van der Waals surface area contributed by atoms with Gasteiger partial charge >= 0.3 is 5.97 Å². The van der Waals surface area contributed by atoms with Gasteiger partial charge in [0, 0.05) is 6.54 Å². The number of hydrogen-bond donors (Lipinski definition) is 2. The number of carbonyl (C=O) groups excluding carboxylic acids is 2. The first-order valence-electron chi connectivity index (χ1n) is 10.4. The SMILES string of the molecule is C[C@H](OC(=O)CCNS(=O)(=O)c1ccc2ccccc2c1)C(=O)N[C@@H](C)c1ccc(F)cc1. The van der Waals surface area contributed by atoms with Gasteiger partial charge in [-0.3, -0.25) is 9.59 Å². The Hall–Kier alpha value is -3.30. The summed E-state index contributed by atoms with van der Waals surface area (Å²) in [7, 11) is -3.81. The molecule has 0 aliphatic carbocycles. The van der Waals surface area contributed by atoms with E-state index < -0.39 is 34.0 Å². The summed E-state index contributed by atoms with van der Waals surface area (Å²) < 4.78 is 45.5. The van der Waals surface area contributed by atoms with Gasteiger partial charge in [0.15, 0.2) is 6.10 Å². The second-order valence-corrected chi connectivity index (χ2v) is 9.34. The zero-order chi connectivity index (χ0) is 24.0. The van der Waals surface area contributed by atoms with Crippen LogP contribution in [0.25, 0.3) is 10.8 Å². The molecule has 0 aliphatic heterocycles. The molecule has 0 bridgehead atoms. The lowest BCUT2D eigenvalue weighted by molar-refractivity contribution is -0.154. The predicted molar refractivity (Wildman–Crippen MR) is 122 cm³/mol. The Morgan fingerprint density at radius 1 is 0.970 bits per heavy atom. The molecule has 33 heavy (non-hydrogen) atoms. The van der Waals surface area contributed by atoms with Crippen molar-refractivity contribution in [2.24, 2.45) is 0 Å². The molecule has 0 spiro atoms. The van der Waals surface area contributed by atoms with Crippen molar-refractivity contribution in [3.8, 4) is 0 Å². The fourth-order valence-electron chi connectivity index (χ4n) is 3.18. The van der Waals surface area contributed by atoms with E-state index in [2.05, 4.69) is 10.0 Å². The minimum atomic E-state index is -3.81. The number of sulfonamides is 1. The van der Waals surface area contributed by atoms with Crippen LogP contribution in [0.2, 0.25) is 0 Å². The van der Waals surface area contributed by atoms with E-state index in [0.717, 1.165) is 10.8 Å². The third-order valence-electron chi connectivity index (χ3n) is 5.06. The van der Waals surface area contributed by atoms with E-state index in [9.17, 15) is 22.4 Å². The topological polar surface area (TPSA) is 102 Å². The second kappa shape index (κ2) is 10.5. The van der Waals surface area contributed by atoms with Crippen molar-refractivity contribution < 1.29 is 27.1 Å². The number of amides is 1. The van der Waals surface area contributed by atoms with E-state index in [1.54, 1.807) is 31.2 Å². The molecule has 2 atom stereocenters. The smallest absolute Gasteiger partial charge is 0.307 e. The molecule has 0 unspecified atom stereocenters. The number of esters is 1. The summed E-state index contributed by atoms with van der Waals surface area (Å²) in [6.07, 6.45) is -1.31. The highest BCUT2D eigenvalue weighted by Gasteiger charge is 2.21. The number of halogens is 1. The summed E-state index contributed by atoms with van der Waals surface area (Å²) in [4.78, 5) is 24.4. The Morgan fingerprint density at radius 2 is 1.64 bits per heavy atom. The fraction of sp³-hybridized carbons (Fsp3) is 0.250. The van der Waals surface area contributed by atoms with Crippen molar-refractivity contribution >= 4 is 32.7 Å². The quantitative estimate of drug-likeness (QED) is 0.465. The summed E-state index contributed by atoms with van der Waals surface area (Å²) in [6.45, 7) is 2.97. The maximum Gasteiger partial charge on any atom is 0.307 e. The van der Waals surface area contributed by atoms with E-state index >= 15 is 0 Å². The average Bonchev–Trinajstić information content (AvgIpc) is 2.78. The number of carbonyl (C=O) groups is 2. The van der Waals surface area contributed by atoms with Gasteiger partial charge in [-0.25, -0.2) is 17.5 Å². The summed E-state index contributed by atoms with van der Waals surface area (Å²) >= 11 is 0. The zero-order valence-corrected chi connectivity index (χ0v) is 19.1. The first kappa shape index (κ1) is 24.3. The molecular weight excluding hydrogens is 447 g/mol. The van der Waals surface area contributed by atoms with Crippen LogP contribution in [0.3, 0.4) is 0 Å². The Morgan fingerprint density at radius 3 is 2.33 bits per heavy atom. The lowest BCUT2D eigenvalue weighted by Gasteiger charge is -2.18. The van der Waals surface area contributed by atoms with Crippen LogP contribution in [0.1, 0.15) is 31.9 Å². The fourth-order valence-corrected chi connectivity index (χ4v) is 4.25. The van der Waals surface area contributed by atoms with Crippen LogP contribution in [0, 0.1) is 5.82 Å². The van der Waals surface area contributed by atoms with Gasteiger partial charge in [-0.1, -0.05) is 42.5 Å². The molecule has 3 aromatic carbocycles. The van der Waals surface area contributed by atoms with Gasteiger partial charge in [0.25, 0.3) is 5.91 Å². The van der Waals surface area contributed by atoms with Crippen molar-refractivity contribution in [1.82, 2.24) is 10.0 Å². The normalized spacial score (nSPS) is 13.3. The minimum Gasteiger partial charge on any atom is -0.453 e. The van der Waals surface area contributed by atoms with Crippen molar-refractivity contribution in [3.63, 3.8) is 0 Å². The third kappa shape index (κ3) is 6.59. The van der Waals surface area contributed by atoms with Crippen LogP contribution >= 0.6 is 0 Å². The van der Waals surface area contributed by atoms with Gasteiger partial charge in [-0.15, -0.1) is 0 Å². The molecule has 0 heterocycles. The van der Waals surface area contributed by atoms with Crippen LogP contribution in [-0.2, 0) is 24.3 Å². The molecular formula is C24H25FN2O5S. The highest BCUT2D eigenvalue weighted by molar-refractivity contribution is 7.89. The maximum atomic E-state index is 13.0. The van der Waals surface area contributed by atoms with Gasteiger partial charge < -0.3 is 10.1 Å². The number of benzene rings is 3. The first-order chi connectivity index (χ1) is 15.7. The van der Waals surface area contributed by atoms with E-state index in [4.69, 9.17) is 4.74 Å². The molecule has 3 aromatic rings. The lowest BCUT2D eigenvalue weighted by atomic mass is 10.1. The van der Waals surface area contributed by atoms with Crippen molar-refractivity contribution in [2.45, 2.75) is 37.3 Å². The Balaban J connectivity index is 1.47. The van der Waals surface area contributed by atoms with Crippen LogP contribution in [0.15, 0.2) is 71.6 Å². The summed E-state index contributed by atoms with van der Waals surface area (Å²) in [6, 6.07) is 17.4. The number of fused-ring (bicyclic) bond motifs is 1. The molecule has 0 aliphatic rings. The molecule has 0 fully saturated rings. The number of nitrogens with one attached hydrogen (secondary N) is 2. The molecule has 0 saturated carbocycles. The van der Waals surface area contributed by atoms with E-state index in [0.29, 0.717) is 5.56 Å². The molecule has 7 nitrogen and oxygen atoms in total. The second-order valence-electron chi connectivity index (χ2n) is 7.57. The molecule has 2 N–H and O–H groups in total. The van der Waals surface area contributed by atoms with E-state index in [1.807, 2.05) is 24.3 Å². The molecule has 3 rings (SSSR count). The Kier molecular flexibility index (Phi) is 7.78. The van der Waals surface area contributed by atoms with Crippen molar-refractivity contribution in [3.05, 3.63) is 78.1 Å². The highest BCUT2D eigenvalue weighted by Crippen LogP contribution is 2.19. The number of ether oxygens (including phenoxy) is 1. The monoisotopic (exact) mass is 472 g/mol. The van der Waals surface area contributed by atoms with Crippen molar-refractivity contribution in [2.75, 3.05) is 6.54 Å². The van der Waals surface area contributed by atoms with E-state index in [1.165, 1.54) is 25.1 Å². The lowest BCUT2D eigenvalue weighted by Crippen LogP contribution is -2.37. The first-order valence-corrected chi connectivity index (χ1v) is 11.9. The van der Waals surface area contributed by atoms with Gasteiger partial charge in [0.2, 0.25) is 10.0 Å². The van der Waals surface area contributed by atoms with E-state index in [-0.39, 0.29) is 23.7 Å². The Labute approximate surface area is 192 Å². The number of hydrogen-bond acceptors (Lipinski definition) is 5. The predicted octanol–water partition coefficient (Wildman–Crippen LogP) is 3.46. The average molecular weight is 473 g/mol. The summed E-state index contributed by atoms with van der Waals surface area (Å²) in [5.41, 5.74) is 0.700. The number of rotatable bonds is 9. The van der Waals surface area contributed by atoms with Gasteiger partial charge in [-0.2, -0.15) is 0 Å². The zero-order valence-electron chi connectivity index (χ0n) is 18.2. The van der Waals surface area contributed by atoms with Gasteiger partial charge in [0.1, 0.15) is 5.82 Å². The highest BCUT2D eigenvalue weighted by atomic mass is 32.2. The van der Waals surface area contributed by atoms with Gasteiger partial charge in [-0.05, 0) is 54.4 Å². The Bertz CT molecular complexity index is 1250. The molecule has 0 saturated heterocycles.